The van der Waals surface area contributed by atoms with Crippen LogP contribution >= 0.6 is 0 Å². The molecule has 0 saturated carbocycles. The molecule has 302 valence electrons. The molecule has 0 N–H and O–H groups in total. The SMILES string of the molecule is C=Cc1c(/C=C\C)n(-c2ccccc2)c2cc3c4ccccc4n(-c4cccc(-c5nc(-c6ccccc6)nc(-c6cc(-c7ccccc7)c7c(c6)oc6ccccc67)n5)c4)c3cc12. The van der Waals surface area contributed by atoms with Crippen molar-refractivity contribution in [3.05, 3.63) is 212 Å². The van der Waals surface area contributed by atoms with Crippen LogP contribution in [0.1, 0.15) is 18.2 Å². The zero-order valence-corrected chi connectivity index (χ0v) is 35.0. The van der Waals surface area contributed by atoms with E-state index in [0.29, 0.717) is 17.5 Å². The number of hydrogen-bond acceptors (Lipinski definition) is 4. The standard InChI is InChI=1S/C58H39N5O/c1-3-19-49-43(4-2)47-35-52-48(36-51(47)62(49)41-25-12-7-13-26-41)44-28-14-16-30-50(44)63(52)42-27-18-24-39(32-42)57-59-56(38-22-10-6-11-23-38)60-58(61-57)40-33-46(37-20-8-5-9-21-37)55-45-29-15-17-31-53(45)64-54(55)34-40/h3-36H,2H2,1H3/b19-3-. The highest BCUT2D eigenvalue weighted by Crippen LogP contribution is 2.42. The Morgan fingerprint density at radius 2 is 1.05 bits per heavy atom. The van der Waals surface area contributed by atoms with Gasteiger partial charge in [-0.2, -0.15) is 0 Å². The van der Waals surface area contributed by atoms with Crippen molar-refractivity contribution >= 4 is 66.8 Å². The maximum Gasteiger partial charge on any atom is 0.164 e. The van der Waals surface area contributed by atoms with Crippen molar-refractivity contribution in [3.8, 4) is 56.7 Å². The van der Waals surface area contributed by atoms with E-state index in [0.717, 1.165) is 99.7 Å². The largest absolute Gasteiger partial charge is 0.456 e. The number of hydrogen-bond donors (Lipinski definition) is 0. The Morgan fingerprint density at radius 3 is 1.80 bits per heavy atom. The maximum atomic E-state index is 6.53. The molecular formula is C58H39N5O. The molecule has 0 radical (unpaired) electrons. The molecule has 0 saturated heterocycles. The van der Waals surface area contributed by atoms with Gasteiger partial charge in [0.15, 0.2) is 17.5 Å². The molecule has 0 aliphatic rings. The average Bonchev–Trinajstić information content (AvgIpc) is 4.00. The Hall–Kier alpha value is -8.61. The molecule has 0 unspecified atom stereocenters. The van der Waals surface area contributed by atoms with Gasteiger partial charge in [0.1, 0.15) is 11.2 Å². The van der Waals surface area contributed by atoms with Gasteiger partial charge in [-0.25, -0.2) is 15.0 Å². The molecule has 0 fully saturated rings. The average molecular weight is 822 g/mol. The molecule has 0 spiro atoms. The van der Waals surface area contributed by atoms with Crippen LogP contribution in [-0.2, 0) is 0 Å². The highest BCUT2D eigenvalue weighted by Gasteiger charge is 2.22. The quantitative estimate of drug-likeness (QED) is 0.153. The van der Waals surface area contributed by atoms with Gasteiger partial charge in [-0.05, 0) is 84.8 Å². The van der Waals surface area contributed by atoms with Gasteiger partial charge >= 0.3 is 0 Å². The zero-order chi connectivity index (χ0) is 42.7. The lowest BCUT2D eigenvalue weighted by molar-refractivity contribution is 0.669. The number of furan rings is 1. The lowest BCUT2D eigenvalue weighted by atomic mass is 9.97. The summed E-state index contributed by atoms with van der Waals surface area (Å²) in [5, 5.41) is 5.59. The Kier molecular flexibility index (Phi) is 8.76. The Bertz CT molecular complexity index is 3800. The highest BCUT2D eigenvalue weighted by molar-refractivity contribution is 6.15. The maximum absolute atomic E-state index is 6.53. The van der Waals surface area contributed by atoms with Gasteiger partial charge < -0.3 is 13.6 Å². The van der Waals surface area contributed by atoms with Crippen molar-refractivity contribution in [3.63, 3.8) is 0 Å². The molecule has 6 nitrogen and oxygen atoms in total. The highest BCUT2D eigenvalue weighted by atomic mass is 16.3. The molecule has 4 heterocycles. The third-order valence-corrected chi connectivity index (χ3v) is 12.2. The Labute approximate surface area is 369 Å². The molecule has 12 rings (SSSR count). The van der Waals surface area contributed by atoms with E-state index in [4.69, 9.17) is 19.4 Å². The van der Waals surface area contributed by atoms with Gasteiger partial charge in [0.25, 0.3) is 0 Å². The van der Waals surface area contributed by atoms with Gasteiger partial charge in [-0.15, -0.1) is 0 Å². The topological polar surface area (TPSA) is 61.7 Å². The minimum Gasteiger partial charge on any atom is -0.456 e. The van der Waals surface area contributed by atoms with E-state index in [1.165, 1.54) is 5.39 Å². The molecule has 0 bridgehead atoms. The number of nitrogens with zero attached hydrogens (tertiary/aromatic N) is 5. The monoisotopic (exact) mass is 821 g/mol. The van der Waals surface area contributed by atoms with Crippen molar-refractivity contribution in [1.29, 1.82) is 0 Å². The normalized spacial score (nSPS) is 11.8. The van der Waals surface area contributed by atoms with Crippen LogP contribution in [0.3, 0.4) is 0 Å². The van der Waals surface area contributed by atoms with E-state index in [2.05, 4.69) is 174 Å². The molecule has 0 atom stereocenters. The van der Waals surface area contributed by atoms with Crippen LogP contribution in [0.5, 0.6) is 0 Å². The molecule has 0 aliphatic heterocycles. The van der Waals surface area contributed by atoms with E-state index in [1.54, 1.807) is 0 Å². The van der Waals surface area contributed by atoms with Gasteiger partial charge in [-0.3, -0.25) is 0 Å². The Morgan fingerprint density at radius 1 is 0.453 bits per heavy atom. The van der Waals surface area contributed by atoms with Crippen LogP contribution in [0.4, 0.5) is 0 Å². The first kappa shape index (κ1) is 37.2. The summed E-state index contributed by atoms with van der Waals surface area (Å²) in [5.41, 5.74) is 14.0. The number of benzene rings is 8. The van der Waals surface area contributed by atoms with Crippen LogP contribution in [-0.4, -0.2) is 24.1 Å². The third kappa shape index (κ3) is 5.99. The fourth-order valence-electron chi connectivity index (χ4n) is 9.43. The molecule has 8 aromatic carbocycles. The summed E-state index contributed by atoms with van der Waals surface area (Å²) in [6.07, 6.45) is 6.25. The minimum atomic E-state index is 0.560. The van der Waals surface area contributed by atoms with Crippen molar-refractivity contribution in [2.75, 3.05) is 0 Å². The van der Waals surface area contributed by atoms with E-state index < -0.39 is 0 Å². The fraction of sp³-hybridized carbons (Fsp3) is 0.0172. The summed E-state index contributed by atoms with van der Waals surface area (Å²) in [6.45, 7) is 6.36. The summed E-state index contributed by atoms with van der Waals surface area (Å²) in [7, 11) is 0. The molecule has 6 heteroatoms. The molecular weight excluding hydrogens is 783 g/mol. The summed E-state index contributed by atoms with van der Waals surface area (Å²) in [5.74, 6) is 1.72. The van der Waals surface area contributed by atoms with Gasteiger partial charge in [0.05, 0.1) is 22.2 Å². The summed E-state index contributed by atoms with van der Waals surface area (Å²) in [6, 6.07) is 65.4. The second kappa shape index (κ2) is 15.1. The molecule has 64 heavy (non-hydrogen) atoms. The van der Waals surface area contributed by atoms with Crippen LogP contribution in [0, 0.1) is 0 Å². The predicted octanol–water partition coefficient (Wildman–Crippen LogP) is 15.2. The summed E-state index contributed by atoms with van der Waals surface area (Å²) in [4.78, 5) is 15.6. The molecule has 0 amide bonds. The third-order valence-electron chi connectivity index (χ3n) is 12.2. The fourth-order valence-corrected chi connectivity index (χ4v) is 9.43. The van der Waals surface area contributed by atoms with Crippen LogP contribution in [0.25, 0.3) is 123 Å². The predicted molar refractivity (Wildman–Crippen MR) is 265 cm³/mol. The zero-order valence-electron chi connectivity index (χ0n) is 35.0. The minimum absolute atomic E-state index is 0.560. The lowest BCUT2D eigenvalue weighted by Gasteiger charge is -2.12. The van der Waals surface area contributed by atoms with Crippen molar-refractivity contribution in [2.45, 2.75) is 6.92 Å². The number of para-hydroxylation sites is 3. The van der Waals surface area contributed by atoms with E-state index in [-0.39, 0.29) is 0 Å². The van der Waals surface area contributed by atoms with Crippen LogP contribution < -0.4 is 0 Å². The van der Waals surface area contributed by atoms with Gasteiger partial charge in [-0.1, -0.05) is 146 Å². The molecule has 12 aromatic rings. The van der Waals surface area contributed by atoms with Crippen LogP contribution in [0.2, 0.25) is 0 Å². The van der Waals surface area contributed by atoms with Crippen molar-refractivity contribution < 1.29 is 4.42 Å². The number of aromatic nitrogens is 5. The lowest BCUT2D eigenvalue weighted by Crippen LogP contribution is -2.01. The smallest absolute Gasteiger partial charge is 0.164 e. The first-order valence-electron chi connectivity index (χ1n) is 21.5. The molecule has 4 aromatic heterocycles. The first-order chi connectivity index (χ1) is 31.6. The summed E-state index contributed by atoms with van der Waals surface area (Å²) >= 11 is 0. The number of fused-ring (bicyclic) bond motifs is 7. The summed E-state index contributed by atoms with van der Waals surface area (Å²) < 4.78 is 11.2. The van der Waals surface area contributed by atoms with Crippen LogP contribution in [0.15, 0.2) is 205 Å². The van der Waals surface area contributed by atoms with E-state index in [1.807, 2.05) is 54.6 Å². The second-order valence-corrected chi connectivity index (χ2v) is 16.0. The first-order valence-corrected chi connectivity index (χ1v) is 21.5. The van der Waals surface area contributed by atoms with E-state index in [9.17, 15) is 0 Å². The second-order valence-electron chi connectivity index (χ2n) is 16.0. The van der Waals surface area contributed by atoms with Crippen molar-refractivity contribution in [1.82, 2.24) is 24.1 Å². The van der Waals surface area contributed by atoms with Gasteiger partial charge in [0, 0.05) is 60.6 Å². The molecule has 0 aliphatic carbocycles. The number of rotatable bonds is 8. The number of allylic oxidation sites excluding steroid dienone is 1. The van der Waals surface area contributed by atoms with Crippen molar-refractivity contribution in [2.24, 2.45) is 0 Å². The van der Waals surface area contributed by atoms with E-state index >= 15 is 0 Å². The van der Waals surface area contributed by atoms with Gasteiger partial charge in [0.2, 0.25) is 0 Å². The Balaban J connectivity index is 1.07.